The van der Waals surface area contributed by atoms with Crippen molar-refractivity contribution >= 4 is 18.0 Å². The molecule has 80 valence electrons. The second kappa shape index (κ2) is 9.00. The molecule has 8 nitrogen and oxygen atoms in total. The molecular weight excluding hydrogens is 196 g/mol. The van der Waals surface area contributed by atoms with Crippen LogP contribution in [0.25, 0.3) is 0 Å². The van der Waals surface area contributed by atoms with Crippen LogP contribution < -0.4 is 11.2 Å². The number of esters is 1. The third-order valence-corrected chi connectivity index (χ3v) is 0.673. The van der Waals surface area contributed by atoms with Crippen molar-refractivity contribution in [2.45, 2.75) is 0 Å². The van der Waals surface area contributed by atoms with Crippen molar-refractivity contribution in [1.82, 2.24) is 5.48 Å². The maximum atomic E-state index is 10.1. The molecule has 0 aromatic heterocycles. The number of hydroxylamine groups is 1. The fourth-order valence-corrected chi connectivity index (χ4v) is 0.207. The Morgan fingerprint density at radius 2 is 1.79 bits per heavy atom. The lowest BCUT2D eigenvalue weighted by Gasteiger charge is -1.85. The van der Waals surface area contributed by atoms with Crippen LogP contribution in [-0.2, 0) is 14.3 Å². The van der Waals surface area contributed by atoms with Crippen molar-refractivity contribution in [3.8, 4) is 0 Å². The molecule has 0 rings (SSSR count). The molecule has 14 heavy (non-hydrogen) atoms. The maximum absolute atomic E-state index is 10.1. The van der Waals surface area contributed by atoms with Crippen LogP contribution in [0.2, 0.25) is 0 Å². The van der Waals surface area contributed by atoms with Gasteiger partial charge in [-0.15, -0.1) is 0 Å². The molecule has 0 fully saturated rings. The van der Waals surface area contributed by atoms with E-state index >= 15 is 0 Å². The number of hydrogen-bond donors (Lipinski definition) is 4. The first-order valence-corrected chi connectivity index (χ1v) is 3.12. The molecule has 0 aliphatic carbocycles. The van der Waals surface area contributed by atoms with E-state index in [1.165, 1.54) is 12.6 Å². The monoisotopic (exact) mass is 206 g/mol. The summed E-state index contributed by atoms with van der Waals surface area (Å²) in [4.78, 5) is 29.1. The van der Waals surface area contributed by atoms with Crippen molar-refractivity contribution in [2.75, 3.05) is 7.11 Å². The first-order chi connectivity index (χ1) is 6.43. The summed E-state index contributed by atoms with van der Waals surface area (Å²) in [6.07, 6.45) is 1.55. The number of methoxy groups -OCH3 is 1. The molecule has 0 aromatic rings. The van der Waals surface area contributed by atoms with Gasteiger partial charge < -0.3 is 15.6 Å². The van der Waals surface area contributed by atoms with Crippen LogP contribution in [0.4, 0.5) is 4.79 Å². The van der Waals surface area contributed by atoms with E-state index in [1.54, 1.807) is 0 Å². The number of nitrogens with two attached hydrogens (primary N) is 1. The third kappa shape index (κ3) is 16.5. The number of carbonyl (C=O) groups excluding carboxylic acids is 2. The number of carboxylic acid groups (broad SMARTS) is 1. The summed E-state index contributed by atoms with van der Waals surface area (Å²) in [5, 5.41) is 15.4. The summed E-state index contributed by atoms with van der Waals surface area (Å²) < 4.78 is 4.11. The van der Waals surface area contributed by atoms with Gasteiger partial charge in [-0.25, -0.2) is 19.9 Å². The molecule has 0 aliphatic rings. The summed E-state index contributed by atoms with van der Waals surface area (Å²) in [6.45, 7) is 0. The van der Waals surface area contributed by atoms with E-state index in [0.29, 0.717) is 6.08 Å². The minimum Gasteiger partial charge on any atom is -0.478 e. The lowest BCUT2D eigenvalue weighted by Crippen LogP contribution is -2.25. The molecular formula is C6H10N2O6. The first kappa shape index (κ1) is 14.4. The normalized spacial score (nSPS) is 8.43. The number of hydrogen-bond acceptors (Lipinski definition) is 5. The van der Waals surface area contributed by atoms with Crippen molar-refractivity contribution in [3.05, 3.63) is 12.2 Å². The van der Waals surface area contributed by atoms with Gasteiger partial charge in [0.25, 0.3) is 0 Å². The molecule has 0 radical (unpaired) electrons. The minimum absolute atomic E-state index is 0.669. The summed E-state index contributed by atoms with van der Waals surface area (Å²) in [5.74, 6) is -1.84. The first-order valence-electron chi connectivity index (χ1n) is 3.12. The highest BCUT2D eigenvalue weighted by Gasteiger charge is 1.91. The van der Waals surface area contributed by atoms with Crippen LogP contribution in [0.15, 0.2) is 12.2 Å². The third-order valence-electron chi connectivity index (χ3n) is 0.673. The molecule has 0 saturated heterocycles. The maximum Gasteiger partial charge on any atom is 0.335 e. The molecule has 0 bridgehead atoms. The van der Waals surface area contributed by atoms with Gasteiger partial charge in [0.1, 0.15) is 0 Å². The Hall–Kier alpha value is -2.09. The Balaban J connectivity index is 0. The number of aliphatic carboxylic acids is 1. The average molecular weight is 206 g/mol. The number of nitrogens with one attached hydrogen (secondary N) is 1. The Kier molecular flexibility index (Phi) is 9.28. The highest BCUT2D eigenvalue weighted by Crippen LogP contribution is 1.76. The molecule has 5 N–H and O–H groups in total. The standard InChI is InChI=1S/C5H6O4.CH4N2O2/c1-9-5(8)3-2-4(6)7;2-1(4)3-5/h2-3H,1H3,(H,6,7);5H,(H3,2,3,4)/b3-2+;. The molecule has 8 heteroatoms. The molecule has 0 spiro atoms. The summed E-state index contributed by atoms with van der Waals surface area (Å²) in [6, 6.07) is -0.940. The van der Waals surface area contributed by atoms with Crippen LogP contribution in [-0.4, -0.2) is 35.4 Å². The molecule has 2 amide bonds. The van der Waals surface area contributed by atoms with Gasteiger partial charge in [0.2, 0.25) is 0 Å². The van der Waals surface area contributed by atoms with Crippen LogP contribution in [0.5, 0.6) is 0 Å². The quantitative estimate of drug-likeness (QED) is 0.194. The zero-order valence-corrected chi connectivity index (χ0v) is 7.26. The number of primary amides is 1. The number of ether oxygens (including phenoxy) is 1. The smallest absolute Gasteiger partial charge is 0.335 e. The van der Waals surface area contributed by atoms with Gasteiger partial charge in [-0.2, -0.15) is 0 Å². The van der Waals surface area contributed by atoms with Crippen molar-refractivity contribution in [1.29, 1.82) is 0 Å². The minimum atomic E-state index is -1.17. The van der Waals surface area contributed by atoms with Gasteiger partial charge >= 0.3 is 18.0 Å². The second-order valence-electron chi connectivity index (χ2n) is 1.67. The average Bonchev–Trinajstić information content (AvgIpc) is 2.14. The van der Waals surface area contributed by atoms with Gasteiger partial charge in [0, 0.05) is 12.2 Å². The zero-order valence-electron chi connectivity index (χ0n) is 7.26. The lowest BCUT2D eigenvalue weighted by molar-refractivity contribution is -0.136. The van der Waals surface area contributed by atoms with E-state index in [0.717, 1.165) is 6.08 Å². The summed E-state index contributed by atoms with van der Waals surface area (Å²) in [5.41, 5.74) is 5.46. The summed E-state index contributed by atoms with van der Waals surface area (Å²) >= 11 is 0. The van der Waals surface area contributed by atoms with Gasteiger partial charge in [-0.1, -0.05) is 0 Å². The predicted molar refractivity (Wildman–Crippen MR) is 43.3 cm³/mol. The Morgan fingerprint density at radius 3 is 2.00 bits per heavy atom. The molecule has 0 unspecified atom stereocenters. The van der Waals surface area contributed by atoms with Crippen LogP contribution in [0.1, 0.15) is 0 Å². The van der Waals surface area contributed by atoms with E-state index in [9.17, 15) is 14.4 Å². The van der Waals surface area contributed by atoms with Gasteiger partial charge in [0.15, 0.2) is 0 Å². The fourth-order valence-electron chi connectivity index (χ4n) is 0.207. The van der Waals surface area contributed by atoms with Gasteiger partial charge in [-0.3, -0.25) is 5.21 Å². The number of carbonyl (C=O) groups is 3. The van der Waals surface area contributed by atoms with Gasteiger partial charge in [-0.05, 0) is 0 Å². The van der Waals surface area contributed by atoms with E-state index in [4.69, 9.17) is 10.3 Å². The SMILES string of the molecule is COC(=O)/C=C/C(=O)O.NC(=O)NO. The molecule has 0 atom stereocenters. The Morgan fingerprint density at radius 1 is 1.36 bits per heavy atom. The van der Waals surface area contributed by atoms with Crippen LogP contribution in [0.3, 0.4) is 0 Å². The number of urea groups is 1. The van der Waals surface area contributed by atoms with E-state index in [-0.39, 0.29) is 0 Å². The highest BCUT2D eigenvalue weighted by atomic mass is 16.5. The van der Waals surface area contributed by atoms with Crippen molar-refractivity contribution in [2.24, 2.45) is 5.73 Å². The van der Waals surface area contributed by atoms with Crippen molar-refractivity contribution < 1.29 is 29.4 Å². The second-order valence-corrected chi connectivity index (χ2v) is 1.67. The molecule has 0 aromatic carbocycles. The fraction of sp³-hybridized carbons (Fsp3) is 0.167. The molecule has 0 saturated carbocycles. The Labute approximate surface area is 78.9 Å². The molecule has 0 aliphatic heterocycles. The number of amides is 2. The van der Waals surface area contributed by atoms with Crippen molar-refractivity contribution in [3.63, 3.8) is 0 Å². The van der Waals surface area contributed by atoms with Crippen LogP contribution >= 0.6 is 0 Å². The Bertz CT molecular complexity index is 236. The lowest BCUT2D eigenvalue weighted by atomic mass is 10.5. The van der Waals surface area contributed by atoms with E-state index in [1.807, 2.05) is 0 Å². The highest BCUT2D eigenvalue weighted by molar-refractivity contribution is 5.90. The van der Waals surface area contributed by atoms with Gasteiger partial charge in [0.05, 0.1) is 7.11 Å². The predicted octanol–water partition coefficient (Wildman–Crippen LogP) is -1.16. The van der Waals surface area contributed by atoms with E-state index in [2.05, 4.69) is 10.5 Å². The molecule has 0 heterocycles. The number of rotatable bonds is 2. The summed E-state index contributed by atoms with van der Waals surface area (Å²) in [7, 11) is 1.18. The topological polar surface area (TPSA) is 139 Å². The largest absolute Gasteiger partial charge is 0.478 e. The zero-order chi connectivity index (χ0) is 11.6. The number of carboxylic acids is 1. The van der Waals surface area contributed by atoms with E-state index < -0.39 is 18.0 Å². The van der Waals surface area contributed by atoms with Crippen LogP contribution in [0, 0.1) is 0 Å².